The fourth-order valence-corrected chi connectivity index (χ4v) is 2.96. The van der Waals surface area contributed by atoms with Crippen LogP contribution in [0.25, 0.3) is 0 Å². The Balaban J connectivity index is 1.81. The molecule has 2 heterocycles. The van der Waals surface area contributed by atoms with Crippen LogP contribution in [0, 0.1) is 0 Å². The monoisotopic (exact) mass is 284 g/mol. The third-order valence-electron chi connectivity index (χ3n) is 4.06. The number of benzene rings is 1. The van der Waals surface area contributed by atoms with E-state index in [2.05, 4.69) is 17.1 Å². The van der Waals surface area contributed by atoms with E-state index >= 15 is 0 Å². The van der Waals surface area contributed by atoms with Gasteiger partial charge in [0.25, 0.3) is 0 Å². The molecule has 21 heavy (non-hydrogen) atoms. The summed E-state index contributed by atoms with van der Waals surface area (Å²) in [5, 5.41) is 0. The van der Waals surface area contributed by atoms with E-state index in [1.807, 2.05) is 18.2 Å². The highest BCUT2D eigenvalue weighted by atomic mass is 16.5. The molecule has 4 nitrogen and oxygen atoms in total. The lowest BCUT2D eigenvalue weighted by Crippen LogP contribution is -2.20. The van der Waals surface area contributed by atoms with Crippen LogP contribution in [-0.2, 0) is 0 Å². The first-order valence-electron chi connectivity index (χ1n) is 7.25. The minimum atomic E-state index is -0.0703. The number of nitrogens with zero attached hydrogens (tertiary/aromatic N) is 1. The zero-order valence-corrected chi connectivity index (χ0v) is 12.2. The fraction of sp³-hybridized carbons (Fsp3) is 0.353. The highest BCUT2D eigenvalue weighted by Gasteiger charge is 2.24. The van der Waals surface area contributed by atoms with Gasteiger partial charge in [0.2, 0.25) is 0 Å². The summed E-state index contributed by atoms with van der Waals surface area (Å²) >= 11 is 0. The molecule has 0 saturated heterocycles. The number of fused-ring (bicyclic) bond motifs is 1. The number of pyridine rings is 1. The number of hydrogen-bond acceptors (Lipinski definition) is 4. The molecular weight excluding hydrogens is 264 g/mol. The van der Waals surface area contributed by atoms with Crippen molar-refractivity contribution >= 4 is 0 Å². The third kappa shape index (κ3) is 2.85. The number of para-hydroxylation sites is 1. The average Bonchev–Trinajstić information content (AvgIpc) is 2.55. The van der Waals surface area contributed by atoms with Crippen molar-refractivity contribution in [2.75, 3.05) is 13.7 Å². The standard InChI is InChI=1S/C17H20N2O2/c1-20-17-11-19-8-6-14(17)15(18)10-12-7-9-21-16-5-3-2-4-13(12)16/h2-6,8,11-12,15H,7,9-10,18H2,1H3. The molecule has 3 rings (SSSR count). The first kappa shape index (κ1) is 13.9. The van der Waals surface area contributed by atoms with E-state index in [9.17, 15) is 0 Å². The number of aromatic nitrogens is 1. The topological polar surface area (TPSA) is 57.4 Å². The van der Waals surface area contributed by atoms with Crippen molar-refractivity contribution < 1.29 is 9.47 Å². The normalized spacial score (nSPS) is 18.5. The maximum absolute atomic E-state index is 6.41. The van der Waals surface area contributed by atoms with Crippen molar-refractivity contribution in [2.45, 2.75) is 24.8 Å². The Morgan fingerprint density at radius 3 is 3.10 bits per heavy atom. The van der Waals surface area contributed by atoms with Crippen LogP contribution >= 0.6 is 0 Å². The molecule has 110 valence electrons. The van der Waals surface area contributed by atoms with Crippen LogP contribution in [0.2, 0.25) is 0 Å². The first-order chi connectivity index (χ1) is 10.3. The van der Waals surface area contributed by atoms with Gasteiger partial charge in [-0.15, -0.1) is 0 Å². The van der Waals surface area contributed by atoms with E-state index in [1.54, 1.807) is 19.5 Å². The predicted molar refractivity (Wildman–Crippen MR) is 81.6 cm³/mol. The molecule has 1 aliphatic heterocycles. The zero-order valence-electron chi connectivity index (χ0n) is 12.2. The number of hydrogen-bond donors (Lipinski definition) is 1. The lowest BCUT2D eigenvalue weighted by molar-refractivity contribution is 0.258. The van der Waals surface area contributed by atoms with E-state index in [1.165, 1.54) is 5.56 Å². The molecule has 2 atom stereocenters. The van der Waals surface area contributed by atoms with Crippen molar-refractivity contribution in [3.05, 3.63) is 53.9 Å². The molecule has 2 N–H and O–H groups in total. The van der Waals surface area contributed by atoms with E-state index < -0.39 is 0 Å². The van der Waals surface area contributed by atoms with Crippen LogP contribution in [0.1, 0.15) is 35.9 Å². The van der Waals surface area contributed by atoms with Crippen LogP contribution < -0.4 is 15.2 Å². The molecular formula is C17H20N2O2. The minimum absolute atomic E-state index is 0.0703. The highest BCUT2D eigenvalue weighted by molar-refractivity contribution is 5.39. The van der Waals surface area contributed by atoms with Crippen LogP contribution in [0.5, 0.6) is 11.5 Å². The van der Waals surface area contributed by atoms with Crippen LogP contribution in [0.4, 0.5) is 0 Å². The van der Waals surface area contributed by atoms with Gasteiger partial charge in [0.15, 0.2) is 0 Å². The molecule has 0 saturated carbocycles. The van der Waals surface area contributed by atoms with Gasteiger partial charge in [-0.05, 0) is 36.5 Å². The van der Waals surface area contributed by atoms with Gasteiger partial charge in [0.1, 0.15) is 11.5 Å². The van der Waals surface area contributed by atoms with Gasteiger partial charge < -0.3 is 15.2 Å². The average molecular weight is 284 g/mol. The van der Waals surface area contributed by atoms with Gasteiger partial charge in [-0.1, -0.05) is 18.2 Å². The Morgan fingerprint density at radius 2 is 2.24 bits per heavy atom. The molecule has 1 aromatic carbocycles. The summed E-state index contributed by atoms with van der Waals surface area (Å²) < 4.78 is 11.1. The second-order valence-electron chi connectivity index (χ2n) is 5.33. The Bertz CT molecular complexity index is 615. The number of rotatable bonds is 4. The lowest BCUT2D eigenvalue weighted by atomic mass is 9.86. The zero-order chi connectivity index (χ0) is 14.7. The maximum atomic E-state index is 6.41. The molecule has 2 aromatic rings. The van der Waals surface area contributed by atoms with Crippen molar-refractivity contribution in [3.63, 3.8) is 0 Å². The Kier molecular flexibility index (Phi) is 4.06. The molecule has 2 unspecified atom stereocenters. The summed E-state index contributed by atoms with van der Waals surface area (Å²) in [4.78, 5) is 4.08. The smallest absolute Gasteiger partial charge is 0.141 e. The minimum Gasteiger partial charge on any atom is -0.495 e. The van der Waals surface area contributed by atoms with Gasteiger partial charge in [-0.25, -0.2) is 0 Å². The van der Waals surface area contributed by atoms with Crippen molar-refractivity contribution in [1.29, 1.82) is 0 Å². The Hall–Kier alpha value is -2.07. The van der Waals surface area contributed by atoms with Gasteiger partial charge in [-0.3, -0.25) is 4.98 Å². The van der Waals surface area contributed by atoms with Gasteiger partial charge in [-0.2, -0.15) is 0 Å². The molecule has 0 spiro atoms. The fourth-order valence-electron chi connectivity index (χ4n) is 2.96. The molecule has 0 radical (unpaired) electrons. The van der Waals surface area contributed by atoms with E-state index in [-0.39, 0.29) is 6.04 Å². The largest absolute Gasteiger partial charge is 0.495 e. The van der Waals surface area contributed by atoms with Crippen molar-refractivity contribution in [1.82, 2.24) is 4.98 Å². The molecule has 0 bridgehead atoms. The summed E-state index contributed by atoms with van der Waals surface area (Å²) in [5.41, 5.74) is 8.68. The Labute approximate surface area is 124 Å². The van der Waals surface area contributed by atoms with Crippen molar-refractivity contribution in [2.24, 2.45) is 5.73 Å². The van der Waals surface area contributed by atoms with Crippen LogP contribution in [-0.4, -0.2) is 18.7 Å². The maximum Gasteiger partial charge on any atom is 0.141 e. The SMILES string of the molecule is COc1cnccc1C(N)CC1CCOc2ccccc21. The molecule has 1 aromatic heterocycles. The highest BCUT2D eigenvalue weighted by Crippen LogP contribution is 2.39. The second kappa shape index (κ2) is 6.14. The Morgan fingerprint density at radius 1 is 1.38 bits per heavy atom. The van der Waals surface area contributed by atoms with Gasteiger partial charge >= 0.3 is 0 Å². The summed E-state index contributed by atoms with van der Waals surface area (Å²) in [5.74, 6) is 2.16. The summed E-state index contributed by atoms with van der Waals surface area (Å²) in [6.07, 6.45) is 5.35. The summed E-state index contributed by atoms with van der Waals surface area (Å²) in [6.45, 7) is 0.752. The number of methoxy groups -OCH3 is 1. The van der Waals surface area contributed by atoms with E-state index in [0.29, 0.717) is 5.92 Å². The number of ether oxygens (including phenoxy) is 2. The van der Waals surface area contributed by atoms with Crippen LogP contribution in [0.3, 0.4) is 0 Å². The first-order valence-corrected chi connectivity index (χ1v) is 7.25. The molecule has 0 fully saturated rings. The third-order valence-corrected chi connectivity index (χ3v) is 4.06. The molecule has 4 heteroatoms. The quantitative estimate of drug-likeness (QED) is 0.937. The predicted octanol–water partition coefficient (Wildman–Crippen LogP) is 3.05. The molecule has 1 aliphatic rings. The molecule has 0 amide bonds. The van der Waals surface area contributed by atoms with Crippen molar-refractivity contribution in [3.8, 4) is 11.5 Å². The van der Waals surface area contributed by atoms with E-state index in [0.717, 1.165) is 36.5 Å². The number of nitrogens with two attached hydrogens (primary N) is 1. The van der Waals surface area contributed by atoms with E-state index in [4.69, 9.17) is 15.2 Å². The molecule has 0 aliphatic carbocycles. The van der Waals surface area contributed by atoms with Crippen LogP contribution in [0.15, 0.2) is 42.7 Å². The van der Waals surface area contributed by atoms with Gasteiger partial charge in [0, 0.05) is 17.8 Å². The summed E-state index contributed by atoms with van der Waals surface area (Å²) in [7, 11) is 1.65. The summed E-state index contributed by atoms with van der Waals surface area (Å²) in [6, 6.07) is 10.1. The second-order valence-corrected chi connectivity index (χ2v) is 5.33. The van der Waals surface area contributed by atoms with Gasteiger partial charge in [0.05, 0.1) is 19.9 Å². The lowest BCUT2D eigenvalue weighted by Gasteiger charge is -2.28.